The van der Waals surface area contributed by atoms with E-state index >= 15 is 0 Å². The molecule has 0 fully saturated rings. The van der Waals surface area contributed by atoms with Crippen LogP contribution in [0.25, 0.3) is 0 Å². The molecule has 1 atom stereocenters. The molecule has 60 valence electrons. The molecular weight excluding hydrogens is 235 g/mol. The van der Waals surface area contributed by atoms with Crippen LogP contribution < -0.4 is 0 Å². The Morgan fingerprint density at radius 1 is 1.40 bits per heavy atom. The highest BCUT2D eigenvalue weighted by Crippen LogP contribution is 2.25. The van der Waals surface area contributed by atoms with E-state index in [9.17, 15) is 0 Å². The van der Waals surface area contributed by atoms with E-state index in [1.807, 2.05) is 0 Å². The Bertz CT molecular complexity index is 108. The van der Waals surface area contributed by atoms with Crippen LogP contribution in [0.5, 0.6) is 0 Å². The standard InChI is InChI=1S/C9H17I/c1-8(6-5-7-10)9(2,3)4/h5-6,8H,7H2,1-4H3/b6-5-. The second-order valence-electron chi connectivity index (χ2n) is 3.74. The number of rotatable bonds is 2. The summed E-state index contributed by atoms with van der Waals surface area (Å²) in [4.78, 5) is 0. The fourth-order valence-corrected chi connectivity index (χ4v) is 0.838. The molecule has 0 amide bonds. The predicted octanol–water partition coefficient (Wildman–Crippen LogP) is 3.66. The lowest BCUT2D eigenvalue weighted by atomic mass is 9.82. The van der Waals surface area contributed by atoms with Crippen LogP contribution in [0.15, 0.2) is 12.2 Å². The molecule has 0 bridgehead atoms. The lowest BCUT2D eigenvalue weighted by Gasteiger charge is -2.23. The first kappa shape index (κ1) is 10.5. The largest absolute Gasteiger partial charge is 0.0844 e. The summed E-state index contributed by atoms with van der Waals surface area (Å²) < 4.78 is 1.12. The first-order valence-corrected chi connectivity index (χ1v) is 5.23. The third kappa shape index (κ3) is 4.31. The molecule has 0 aromatic heterocycles. The van der Waals surface area contributed by atoms with E-state index in [1.54, 1.807) is 0 Å². The van der Waals surface area contributed by atoms with E-state index in [4.69, 9.17) is 0 Å². The fourth-order valence-electron chi connectivity index (χ4n) is 0.544. The number of hydrogen-bond donors (Lipinski definition) is 0. The first-order valence-electron chi connectivity index (χ1n) is 3.71. The molecule has 0 aliphatic heterocycles. The van der Waals surface area contributed by atoms with E-state index in [1.165, 1.54) is 0 Å². The van der Waals surface area contributed by atoms with Gasteiger partial charge < -0.3 is 0 Å². The van der Waals surface area contributed by atoms with Crippen molar-refractivity contribution < 1.29 is 0 Å². The third-order valence-electron chi connectivity index (χ3n) is 1.88. The van der Waals surface area contributed by atoms with Crippen LogP contribution in [0.3, 0.4) is 0 Å². The molecule has 0 N–H and O–H groups in total. The molecule has 0 aliphatic rings. The Balaban J connectivity index is 3.84. The Kier molecular flexibility index (Phi) is 4.57. The van der Waals surface area contributed by atoms with Crippen LogP contribution in [0.4, 0.5) is 0 Å². The molecule has 0 aliphatic carbocycles. The topological polar surface area (TPSA) is 0 Å². The van der Waals surface area contributed by atoms with Crippen LogP contribution in [0.1, 0.15) is 27.7 Å². The third-order valence-corrected chi connectivity index (χ3v) is 2.39. The highest BCUT2D eigenvalue weighted by atomic mass is 127. The second kappa shape index (κ2) is 4.37. The van der Waals surface area contributed by atoms with Gasteiger partial charge in [0.2, 0.25) is 0 Å². The molecule has 1 heteroatoms. The predicted molar refractivity (Wildman–Crippen MR) is 56.6 cm³/mol. The maximum Gasteiger partial charge on any atom is 0.0176 e. The van der Waals surface area contributed by atoms with Crippen molar-refractivity contribution in [3.05, 3.63) is 12.2 Å². The summed E-state index contributed by atoms with van der Waals surface area (Å²) in [6.45, 7) is 9.09. The minimum Gasteiger partial charge on any atom is -0.0844 e. The number of hydrogen-bond acceptors (Lipinski definition) is 0. The van der Waals surface area contributed by atoms with Gasteiger partial charge in [-0.2, -0.15) is 0 Å². The molecule has 1 unspecified atom stereocenters. The number of alkyl halides is 1. The summed E-state index contributed by atoms with van der Waals surface area (Å²) in [5.41, 5.74) is 0.419. The van der Waals surface area contributed by atoms with Crippen molar-refractivity contribution in [2.24, 2.45) is 11.3 Å². The quantitative estimate of drug-likeness (QED) is 0.399. The lowest BCUT2D eigenvalue weighted by Crippen LogP contribution is -2.14. The van der Waals surface area contributed by atoms with Crippen molar-refractivity contribution in [3.8, 4) is 0 Å². The normalized spacial score (nSPS) is 16.1. The highest BCUT2D eigenvalue weighted by Gasteiger charge is 2.16. The summed E-state index contributed by atoms with van der Waals surface area (Å²) in [7, 11) is 0. The molecule has 0 radical (unpaired) electrons. The van der Waals surface area contributed by atoms with E-state index in [-0.39, 0.29) is 0 Å². The van der Waals surface area contributed by atoms with Crippen molar-refractivity contribution >= 4 is 22.6 Å². The molecular formula is C9H17I. The van der Waals surface area contributed by atoms with E-state index in [0.29, 0.717) is 11.3 Å². The van der Waals surface area contributed by atoms with Crippen LogP contribution in [-0.2, 0) is 0 Å². The van der Waals surface area contributed by atoms with Crippen molar-refractivity contribution in [1.82, 2.24) is 0 Å². The average Bonchev–Trinajstić information content (AvgIpc) is 1.80. The Morgan fingerprint density at radius 2 is 1.90 bits per heavy atom. The molecule has 0 saturated heterocycles. The minimum atomic E-state index is 0.419. The van der Waals surface area contributed by atoms with Gasteiger partial charge in [0.15, 0.2) is 0 Å². The number of allylic oxidation sites excluding steroid dienone is 2. The zero-order valence-corrected chi connectivity index (χ0v) is 9.47. The Morgan fingerprint density at radius 3 is 2.20 bits per heavy atom. The van der Waals surface area contributed by atoms with Crippen molar-refractivity contribution in [1.29, 1.82) is 0 Å². The number of halogens is 1. The van der Waals surface area contributed by atoms with Gasteiger partial charge in [0.05, 0.1) is 0 Å². The molecule has 0 heterocycles. The smallest absolute Gasteiger partial charge is 0.0176 e. The van der Waals surface area contributed by atoms with E-state index in [0.717, 1.165) is 4.43 Å². The van der Waals surface area contributed by atoms with Crippen LogP contribution in [0, 0.1) is 11.3 Å². The van der Waals surface area contributed by atoms with Crippen molar-refractivity contribution in [2.45, 2.75) is 27.7 Å². The van der Waals surface area contributed by atoms with Gasteiger partial charge in [-0.1, -0.05) is 62.4 Å². The van der Waals surface area contributed by atoms with Gasteiger partial charge >= 0.3 is 0 Å². The molecule has 0 aromatic rings. The van der Waals surface area contributed by atoms with Crippen molar-refractivity contribution in [2.75, 3.05) is 4.43 Å². The Hall–Kier alpha value is 0.470. The minimum absolute atomic E-state index is 0.419. The van der Waals surface area contributed by atoms with Crippen molar-refractivity contribution in [3.63, 3.8) is 0 Å². The Labute approximate surface area is 78.2 Å². The SMILES string of the molecule is CC(/C=C\CI)C(C)(C)C. The zero-order valence-electron chi connectivity index (χ0n) is 7.32. The summed E-state index contributed by atoms with van der Waals surface area (Å²) in [6.07, 6.45) is 4.53. The van der Waals surface area contributed by atoms with Gasteiger partial charge in [0, 0.05) is 4.43 Å². The summed E-state index contributed by atoms with van der Waals surface area (Å²) in [5.74, 6) is 0.683. The maximum absolute atomic E-state index is 2.36. The summed E-state index contributed by atoms with van der Waals surface area (Å²) in [6, 6.07) is 0. The fraction of sp³-hybridized carbons (Fsp3) is 0.778. The highest BCUT2D eigenvalue weighted by molar-refractivity contribution is 14.1. The van der Waals surface area contributed by atoms with E-state index in [2.05, 4.69) is 62.4 Å². The lowest BCUT2D eigenvalue weighted by molar-refractivity contribution is 0.314. The van der Waals surface area contributed by atoms with E-state index < -0.39 is 0 Å². The molecule has 10 heavy (non-hydrogen) atoms. The van der Waals surface area contributed by atoms with Gasteiger partial charge in [-0.05, 0) is 11.3 Å². The van der Waals surface area contributed by atoms with Crippen LogP contribution >= 0.6 is 22.6 Å². The summed E-state index contributed by atoms with van der Waals surface area (Å²) >= 11 is 2.36. The monoisotopic (exact) mass is 252 g/mol. The summed E-state index contributed by atoms with van der Waals surface area (Å²) in [5, 5.41) is 0. The van der Waals surface area contributed by atoms with Crippen LogP contribution in [0.2, 0.25) is 0 Å². The second-order valence-corrected chi connectivity index (χ2v) is 4.62. The van der Waals surface area contributed by atoms with Crippen LogP contribution in [-0.4, -0.2) is 4.43 Å². The van der Waals surface area contributed by atoms with Gasteiger partial charge in [0.1, 0.15) is 0 Å². The van der Waals surface area contributed by atoms with Gasteiger partial charge in [0.25, 0.3) is 0 Å². The molecule has 0 rings (SSSR count). The van der Waals surface area contributed by atoms with Gasteiger partial charge in [-0.3, -0.25) is 0 Å². The maximum atomic E-state index is 2.36. The zero-order chi connectivity index (χ0) is 8.20. The molecule has 0 aromatic carbocycles. The molecule has 0 saturated carbocycles. The van der Waals surface area contributed by atoms with Gasteiger partial charge in [-0.15, -0.1) is 0 Å². The average molecular weight is 252 g/mol. The van der Waals surface area contributed by atoms with Gasteiger partial charge in [-0.25, -0.2) is 0 Å². The molecule has 0 nitrogen and oxygen atoms in total. The molecule has 0 spiro atoms. The first-order chi connectivity index (χ1) is 4.48.